The molecule has 0 radical (unpaired) electrons. The lowest BCUT2D eigenvalue weighted by molar-refractivity contribution is -0.221. The quantitative estimate of drug-likeness (QED) is 0.0293. The summed E-state index contributed by atoms with van der Waals surface area (Å²) in [6, 6.07) is 6.15. The number of carbonyl (C=O) groups is 4. The van der Waals surface area contributed by atoms with Gasteiger partial charge in [-0.1, -0.05) is 30.0 Å². The normalized spacial score (nSPS) is 18.8. The van der Waals surface area contributed by atoms with E-state index in [-0.39, 0.29) is 11.4 Å². The molecule has 1 aromatic heterocycles. The standard InChI is InChI=1S/C54H64F8N10O8/c1-9-20-64-46(63-6)34-22-39(55)38(40(56)23-34)27-71(69-48(75)45(68-50(77)79-8)52(4,5)54(60,61)62)28-42(73)41(66-47(74)44(67-49(76)78-7)51(2,3)53(57,58)59)21-32-13-10-31(11-14-32)12-15-33-16-19-43(65-24-33)70-25-35-17-18-36(26-70)72(35)37-29-80-30-37/h9-11,13-14,16,19-20,22-24,35-37,41-42,44-45,73H,6,17-18,21,25-30H2,1-5,7-8H3,(H,66,74)(H,67,76)(H,68,77)(H,69,75)/b20-9-,64-46?/t35?,36?,41-,42-,44+,45+/m0/s1. The Morgan fingerprint density at radius 3 is 1.85 bits per heavy atom. The second-order valence-electron chi connectivity index (χ2n) is 20.6. The average Bonchev–Trinajstić information content (AvgIpc) is 3.76. The van der Waals surface area contributed by atoms with Crippen molar-refractivity contribution >= 4 is 42.4 Å². The van der Waals surface area contributed by atoms with Crippen molar-refractivity contribution in [2.45, 2.75) is 115 Å². The number of rotatable bonds is 19. The number of aliphatic imine (C=N–C) groups is 2. The summed E-state index contributed by atoms with van der Waals surface area (Å²) < 4.78 is 134. The number of pyridine rings is 1. The molecule has 2 bridgehead atoms. The molecule has 4 heterocycles. The van der Waals surface area contributed by atoms with Gasteiger partial charge in [0.1, 0.15) is 29.5 Å². The molecular formula is C54H64F8N10O8. The van der Waals surface area contributed by atoms with Crippen molar-refractivity contribution in [3.05, 3.63) is 106 Å². The second-order valence-corrected chi connectivity index (χ2v) is 20.6. The molecule has 0 aliphatic carbocycles. The molecule has 4 amide bonds. The lowest BCUT2D eigenvalue weighted by atomic mass is 9.82. The topological polar surface area (TPSA) is 212 Å². The van der Waals surface area contributed by atoms with E-state index in [0.717, 1.165) is 71.3 Å². The van der Waals surface area contributed by atoms with Crippen molar-refractivity contribution in [1.29, 1.82) is 0 Å². The molecule has 6 rings (SSSR count). The number of alkyl carbamates (subject to hydrolysis) is 2. The minimum Gasteiger partial charge on any atom is -0.453 e. The molecule has 5 N–H and O–H groups in total. The number of hydrogen-bond donors (Lipinski definition) is 5. The van der Waals surface area contributed by atoms with Gasteiger partial charge in [-0.15, -0.1) is 0 Å². The molecule has 3 saturated heterocycles. The zero-order valence-corrected chi connectivity index (χ0v) is 45.0. The van der Waals surface area contributed by atoms with Crippen molar-refractivity contribution in [2.24, 2.45) is 20.8 Å². The number of hydrazine groups is 1. The van der Waals surface area contributed by atoms with E-state index >= 15 is 8.78 Å². The first-order chi connectivity index (χ1) is 37.6. The van der Waals surface area contributed by atoms with E-state index in [4.69, 9.17) is 4.74 Å². The fourth-order valence-corrected chi connectivity index (χ4v) is 9.41. The Hall–Kier alpha value is -7.21. The van der Waals surface area contributed by atoms with E-state index in [0.29, 0.717) is 67.5 Å². The molecule has 3 aliphatic rings. The number of amides is 4. The van der Waals surface area contributed by atoms with Crippen molar-refractivity contribution in [2.75, 3.05) is 52.0 Å². The Bertz CT molecular complexity index is 2800. The van der Waals surface area contributed by atoms with Gasteiger partial charge in [0.15, 0.2) is 5.84 Å². The predicted molar refractivity (Wildman–Crippen MR) is 278 cm³/mol. The van der Waals surface area contributed by atoms with Crippen LogP contribution in [0.4, 0.5) is 50.5 Å². The number of ether oxygens (including phenoxy) is 3. The number of nitrogens with zero attached hydrogens (tertiary/aromatic N) is 6. The number of methoxy groups -OCH3 is 2. The average molecular weight is 1130 g/mol. The van der Waals surface area contributed by atoms with Crippen LogP contribution in [-0.4, -0.2) is 158 Å². The number of hydrogen-bond acceptors (Lipinski definition) is 13. The Kier molecular flexibility index (Phi) is 20.1. The number of aliphatic hydroxyl groups is 1. The fourth-order valence-electron chi connectivity index (χ4n) is 9.41. The third-order valence-electron chi connectivity index (χ3n) is 14.4. The monoisotopic (exact) mass is 1130 g/mol. The number of aliphatic hydroxyl groups excluding tert-OH is 1. The molecule has 3 aliphatic heterocycles. The summed E-state index contributed by atoms with van der Waals surface area (Å²) in [7, 11) is 1.65. The number of piperazine rings is 1. The Morgan fingerprint density at radius 1 is 0.838 bits per heavy atom. The summed E-state index contributed by atoms with van der Waals surface area (Å²) in [6.45, 7) is 8.42. The number of halogens is 8. The van der Waals surface area contributed by atoms with Gasteiger partial charge in [-0.05, 0) is 103 Å². The van der Waals surface area contributed by atoms with Crippen LogP contribution in [0.1, 0.15) is 75.3 Å². The van der Waals surface area contributed by atoms with Crippen molar-refractivity contribution in [3.63, 3.8) is 0 Å². The van der Waals surface area contributed by atoms with Crippen LogP contribution in [0.3, 0.4) is 0 Å². The maximum atomic E-state index is 16.1. The molecule has 80 heavy (non-hydrogen) atoms. The summed E-state index contributed by atoms with van der Waals surface area (Å²) in [5.41, 5.74) is -3.67. The molecular weight excluding hydrogens is 1070 g/mol. The van der Waals surface area contributed by atoms with Gasteiger partial charge in [0, 0.05) is 72.9 Å². The highest BCUT2D eigenvalue weighted by Gasteiger charge is 2.57. The number of anilines is 1. The van der Waals surface area contributed by atoms with Gasteiger partial charge in [-0.3, -0.25) is 19.9 Å². The van der Waals surface area contributed by atoms with Gasteiger partial charge >= 0.3 is 24.5 Å². The molecule has 2 aromatic carbocycles. The summed E-state index contributed by atoms with van der Waals surface area (Å²) >= 11 is 0. The van der Waals surface area contributed by atoms with E-state index < -0.39 is 108 Å². The van der Waals surface area contributed by atoms with Gasteiger partial charge < -0.3 is 40.2 Å². The predicted octanol–water partition coefficient (Wildman–Crippen LogP) is 6.34. The SMILES string of the molecule is C=NC(=N/C=C\C)c1cc(F)c(CN(C[C@H](O)[C@H](Cc2ccc(C#Cc3ccc(N4CC5CCC(C4)N5C4COC4)nc3)cc2)NC(=O)[C@@H](NC(=O)OC)C(C)(C)C(F)(F)F)NC(=O)[C@@H](NC(=O)OC)C(C)(C)C(F)(F)F)c(F)c1. The lowest BCUT2D eigenvalue weighted by Gasteiger charge is -2.47. The lowest BCUT2D eigenvalue weighted by Crippen LogP contribution is -2.63. The third kappa shape index (κ3) is 14.8. The van der Waals surface area contributed by atoms with Crippen LogP contribution in [0.2, 0.25) is 0 Å². The van der Waals surface area contributed by atoms with Gasteiger partial charge in [-0.25, -0.2) is 38.3 Å². The molecule has 26 heteroatoms. The smallest absolute Gasteiger partial charge is 0.407 e. The first-order valence-electron chi connectivity index (χ1n) is 25.3. The van der Waals surface area contributed by atoms with Gasteiger partial charge in [-0.2, -0.15) is 26.3 Å². The van der Waals surface area contributed by atoms with E-state index in [9.17, 15) is 50.6 Å². The van der Waals surface area contributed by atoms with E-state index in [1.807, 2.05) is 22.8 Å². The van der Waals surface area contributed by atoms with Crippen LogP contribution >= 0.6 is 0 Å². The third-order valence-corrected chi connectivity index (χ3v) is 14.4. The summed E-state index contributed by atoms with van der Waals surface area (Å²) in [5.74, 6) is 0.924. The van der Waals surface area contributed by atoms with Crippen LogP contribution in [0.25, 0.3) is 0 Å². The van der Waals surface area contributed by atoms with Crippen LogP contribution in [0.5, 0.6) is 0 Å². The van der Waals surface area contributed by atoms with E-state index in [1.54, 1.807) is 25.3 Å². The molecule has 6 atom stereocenters. The summed E-state index contributed by atoms with van der Waals surface area (Å²) in [5, 5.41) is 18.7. The highest BCUT2D eigenvalue weighted by atomic mass is 19.4. The number of alkyl halides is 6. The van der Waals surface area contributed by atoms with Crippen molar-refractivity contribution < 1.29 is 73.6 Å². The number of benzene rings is 2. The Morgan fingerprint density at radius 2 is 1.38 bits per heavy atom. The maximum Gasteiger partial charge on any atom is 0.407 e. The molecule has 0 spiro atoms. The summed E-state index contributed by atoms with van der Waals surface area (Å²) in [6.07, 6.45) is -9.16. The Labute approximate surface area is 457 Å². The van der Waals surface area contributed by atoms with Crippen LogP contribution < -0.4 is 26.3 Å². The van der Waals surface area contributed by atoms with Crippen molar-refractivity contribution in [3.8, 4) is 11.8 Å². The highest BCUT2D eigenvalue weighted by molar-refractivity contribution is 6.01. The van der Waals surface area contributed by atoms with Gasteiger partial charge in [0.2, 0.25) is 5.91 Å². The second kappa shape index (κ2) is 25.9. The zero-order chi connectivity index (χ0) is 58.9. The number of allylic oxidation sites excluding steroid dienone is 1. The first-order valence-corrected chi connectivity index (χ1v) is 25.3. The number of nitrogens with one attached hydrogen (secondary N) is 4. The molecule has 0 saturated carbocycles. The van der Waals surface area contributed by atoms with Crippen LogP contribution in [0.15, 0.2) is 77.0 Å². The van der Waals surface area contributed by atoms with Gasteiger partial charge in [0.05, 0.1) is 56.5 Å². The molecule has 434 valence electrons. The number of carbonyl (C=O) groups excluding carboxylic acids is 4. The number of fused-ring (bicyclic) bond motifs is 2. The minimum absolute atomic E-state index is 0.212. The highest BCUT2D eigenvalue weighted by Crippen LogP contribution is 2.42. The molecule has 3 aromatic rings. The zero-order valence-electron chi connectivity index (χ0n) is 45.0. The number of aromatic nitrogens is 1. The maximum absolute atomic E-state index is 16.1. The molecule has 18 nitrogen and oxygen atoms in total. The number of amidine groups is 1. The van der Waals surface area contributed by atoms with Crippen LogP contribution in [-0.2, 0) is 36.8 Å². The van der Waals surface area contributed by atoms with Crippen LogP contribution in [0, 0.1) is 34.3 Å². The van der Waals surface area contributed by atoms with Gasteiger partial charge in [0.25, 0.3) is 5.91 Å². The van der Waals surface area contributed by atoms with E-state index in [2.05, 4.69) is 63.5 Å². The van der Waals surface area contributed by atoms with Crippen molar-refractivity contribution in [1.82, 2.24) is 36.3 Å². The minimum atomic E-state index is -5.19. The fraction of sp³-hybridized carbons (Fsp3) is 0.500. The largest absolute Gasteiger partial charge is 0.453 e. The molecule has 2 unspecified atom stereocenters. The Balaban J connectivity index is 1.32. The van der Waals surface area contributed by atoms with E-state index in [1.165, 1.54) is 24.4 Å². The molecule has 3 fully saturated rings. The summed E-state index contributed by atoms with van der Waals surface area (Å²) in [4.78, 5) is 70.1. The first kappa shape index (κ1) is 62.0.